The fourth-order valence-electron chi connectivity index (χ4n) is 3.59. The number of amides is 1. The van der Waals surface area contributed by atoms with Gasteiger partial charge in [0.1, 0.15) is 5.82 Å². The Morgan fingerprint density at radius 3 is 2.35 bits per heavy atom. The van der Waals surface area contributed by atoms with Crippen molar-refractivity contribution in [2.45, 2.75) is 50.0 Å². The summed E-state index contributed by atoms with van der Waals surface area (Å²) < 4.78 is 51.8. The van der Waals surface area contributed by atoms with Gasteiger partial charge >= 0.3 is 6.18 Å². The molecule has 2 aliphatic rings. The molecule has 126 valence electrons. The number of piperidine rings is 1. The average molecular weight is 330 g/mol. The average Bonchev–Trinajstić information content (AvgIpc) is 2.82. The minimum Gasteiger partial charge on any atom is -0.339 e. The summed E-state index contributed by atoms with van der Waals surface area (Å²) in [5.74, 6) is -1.62. The van der Waals surface area contributed by atoms with Gasteiger partial charge in [0.25, 0.3) is 5.91 Å². The molecule has 1 amide bonds. The van der Waals surface area contributed by atoms with E-state index in [1.54, 1.807) is 7.05 Å². The van der Waals surface area contributed by atoms with Crippen molar-refractivity contribution in [2.75, 3.05) is 7.05 Å². The van der Waals surface area contributed by atoms with Gasteiger partial charge in [-0.3, -0.25) is 4.79 Å². The van der Waals surface area contributed by atoms with E-state index in [0.29, 0.717) is 18.2 Å². The molecule has 2 aliphatic heterocycles. The number of hydrogen-bond acceptors (Lipinski definition) is 2. The van der Waals surface area contributed by atoms with Crippen LogP contribution in [0.25, 0.3) is 0 Å². The minimum absolute atomic E-state index is 0.0288. The highest BCUT2D eigenvalue weighted by atomic mass is 19.4. The van der Waals surface area contributed by atoms with Crippen LogP contribution in [-0.4, -0.2) is 36.0 Å². The molecule has 2 atom stereocenters. The van der Waals surface area contributed by atoms with Crippen LogP contribution in [0.4, 0.5) is 17.6 Å². The smallest absolute Gasteiger partial charge is 0.339 e. The Bertz CT molecular complexity index is 605. The van der Waals surface area contributed by atoms with Crippen LogP contribution in [0.3, 0.4) is 0 Å². The topological polar surface area (TPSA) is 32.3 Å². The lowest BCUT2D eigenvalue weighted by molar-refractivity contribution is -0.137. The van der Waals surface area contributed by atoms with Gasteiger partial charge in [-0.05, 0) is 43.9 Å². The Hall–Kier alpha value is -1.63. The van der Waals surface area contributed by atoms with E-state index in [4.69, 9.17) is 0 Å². The highest BCUT2D eigenvalue weighted by Gasteiger charge is 2.37. The Morgan fingerprint density at radius 2 is 1.78 bits per heavy atom. The predicted octanol–water partition coefficient (Wildman–Crippen LogP) is 3.20. The number of benzene rings is 1. The molecule has 0 radical (unpaired) electrons. The van der Waals surface area contributed by atoms with Crippen LogP contribution in [0.15, 0.2) is 18.2 Å². The van der Waals surface area contributed by atoms with Crippen LogP contribution in [0.2, 0.25) is 0 Å². The molecule has 1 aromatic rings. The Kier molecular flexibility index (Phi) is 4.08. The number of nitrogens with one attached hydrogen (secondary N) is 1. The molecule has 2 heterocycles. The summed E-state index contributed by atoms with van der Waals surface area (Å²) in [7, 11) is 1.58. The molecule has 2 fully saturated rings. The van der Waals surface area contributed by atoms with Crippen molar-refractivity contribution in [3.8, 4) is 0 Å². The molecule has 0 aliphatic carbocycles. The summed E-state index contributed by atoms with van der Waals surface area (Å²) in [6, 6.07) is 2.67. The number of fused-ring (bicyclic) bond motifs is 2. The second-order valence-corrected chi connectivity index (χ2v) is 6.41. The van der Waals surface area contributed by atoms with Gasteiger partial charge in [0, 0.05) is 30.7 Å². The molecular formula is C16H18F4N2O. The van der Waals surface area contributed by atoms with E-state index in [0.717, 1.165) is 37.8 Å². The van der Waals surface area contributed by atoms with Crippen molar-refractivity contribution >= 4 is 5.91 Å². The van der Waals surface area contributed by atoms with Crippen molar-refractivity contribution in [3.05, 3.63) is 35.1 Å². The molecule has 0 spiro atoms. The second-order valence-electron chi connectivity index (χ2n) is 6.41. The van der Waals surface area contributed by atoms with Gasteiger partial charge in [0.05, 0.1) is 5.56 Å². The predicted molar refractivity (Wildman–Crippen MR) is 76.5 cm³/mol. The first kappa shape index (κ1) is 16.2. The molecule has 0 saturated carbocycles. The lowest BCUT2D eigenvalue weighted by atomic mass is 9.97. The van der Waals surface area contributed by atoms with E-state index >= 15 is 0 Å². The highest BCUT2D eigenvalue weighted by molar-refractivity contribution is 5.94. The van der Waals surface area contributed by atoms with Gasteiger partial charge < -0.3 is 10.2 Å². The summed E-state index contributed by atoms with van der Waals surface area (Å²) in [6.07, 6.45) is -1.01. The number of alkyl halides is 3. The number of hydrogen-bond donors (Lipinski definition) is 1. The van der Waals surface area contributed by atoms with Crippen LogP contribution in [0.1, 0.15) is 41.6 Å². The Morgan fingerprint density at radius 1 is 1.17 bits per heavy atom. The molecule has 1 aromatic carbocycles. The van der Waals surface area contributed by atoms with E-state index < -0.39 is 23.5 Å². The third-order valence-corrected chi connectivity index (χ3v) is 4.79. The van der Waals surface area contributed by atoms with Gasteiger partial charge in [0.15, 0.2) is 0 Å². The third-order valence-electron chi connectivity index (χ3n) is 4.79. The molecule has 2 bridgehead atoms. The van der Waals surface area contributed by atoms with Crippen LogP contribution in [0, 0.1) is 5.82 Å². The molecule has 2 saturated heterocycles. The lowest BCUT2D eigenvalue weighted by Gasteiger charge is -2.35. The quantitative estimate of drug-likeness (QED) is 0.845. The third kappa shape index (κ3) is 3.34. The normalized spacial score (nSPS) is 27.1. The Labute approximate surface area is 131 Å². The molecule has 0 aromatic heterocycles. The Balaban J connectivity index is 1.81. The molecule has 3 rings (SSSR count). The highest BCUT2D eigenvalue weighted by Crippen LogP contribution is 2.32. The van der Waals surface area contributed by atoms with Crippen molar-refractivity contribution in [3.63, 3.8) is 0 Å². The lowest BCUT2D eigenvalue weighted by Crippen LogP contribution is -2.48. The van der Waals surface area contributed by atoms with Crippen molar-refractivity contribution in [1.29, 1.82) is 0 Å². The summed E-state index contributed by atoms with van der Waals surface area (Å²) in [5.41, 5.74) is -1.40. The summed E-state index contributed by atoms with van der Waals surface area (Å²) in [5, 5.41) is 3.45. The number of halogens is 4. The van der Waals surface area contributed by atoms with Gasteiger partial charge in [-0.25, -0.2) is 4.39 Å². The molecule has 1 N–H and O–H groups in total. The van der Waals surface area contributed by atoms with E-state index in [1.165, 1.54) is 4.90 Å². The van der Waals surface area contributed by atoms with Crippen LogP contribution >= 0.6 is 0 Å². The summed E-state index contributed by atoms with van der Waals surface area (Å²) in [6.45, 7) is 0. The zero-order chi connectivity index (χ0) is 16.8. The van der Waals surface area contributed by atoms with Gasteiger partial charge in [-0.15, -0.1) is 0 Å². The SMILES string of the molecule is CN(C(=O)c1cc(F)cc(C(F)(F)F)c1)C1C[C@H]2CC[C@H](C1)N2. The van der Waals surface area contributed by atoms with E-state index in [2.05, 4.69) is 5.32 Å². The molecule has 3 nitrogen and oxygen atoms in total. The van der Waals surface area contributed by atoms with Crippen molar-refractivity contribution < 1.29 is 22.4 Å². The zero-order valence-electron chi connectivity index (χ0n) is 12.7. The first-order valence-corrected chi connectivity index (χ1v) is 7.65. The van der Waals surface area contributed by atoms with Crippen LogP contribution in [0.5, 0.6) is 0 Å². The first-order valence-electron chi connectivity index (χ1n) is 7.65. The maximum Gasteiger partial charge on any atom is 0.416 e. The molecule has 7 heteroatoms. The zero-order valence-corrected chi connectivity index (χ0v) is 12.7. The van der Waals surface area contributed by atoms with E-state index in [9.17, 15) is 22.4 Å². The standard InChI is InChI=1S/C16H18F4N2O/c1-22(14-7-12-2-3-13(8-14)21-12)15(23)9-4-10(16(18,19)20)6-11(17)5-9/h4-6,12-14,21H,2-3,7-8H2,1H3/t12-,13-/m1/s1. The maximum atomic E-state index is 13.5. The molecule has 0 unspecified atom stereocenters. The summed E-state index contributed by atoms with van der Waals surface area (Å²) in [4.78, 5) is 13.9. The number of nitrogens with zero attached hydrogens (tertiary/aromatic N) is 1. The first-order chi connectivity index (χ1) is 10.7. The minimum atomic E-state index is -4.68. The number of carbonyl (C=O) groups excluding carboxylic acids is 1. The molecule has 23 heavy (non-hydrogen) atoms. The second kappa shape index (κ2) is 5.78. The van der Waals surface area contributed by atoms with Crippen LogP contribution in [-0.2, 0) is 6.18 Å². The van der Waals surface area contributed by atoms with Gasteiger partial charge in [-0.1, -0.05) is 0 Å². The summed E-state index contributed by atoms with van der Waals surface area (Å²) >= 11 is 0. The molecular weight excluding hydrogens is 312 g/mol. The van der Waals surface area contributed by atoms with Crippen molar-refractivity contribution in [1.82, 2.24) is 10.2 Å². The fraction of sp³-hybridized carbons (Fsp3) is 0.562. The maximum absolute atomic E-state index is 13.5. The van der Waals surface area contributed by atoms with Gasteiger partial charge in [-0.2, -0.15) is 13.2 Å². The fourth-order valence-corrected chi connectivity index (χ4v) is 3.59. The number of rotatable bonds is 2. The van der Waals surface area contributed by atoms with E-state index in [1.807, 2.05) is 0 Å². The van der Waals surface area contributed by atoms with E-state index in [-0.39, 0.29) is 11.6 Å². The van der Waals surface area contributed by atoms with Crippen molar-refractivity contribution in [2.24, 2.45) is 0 Å². The number of carbonyl (C=O) groups is 1. The van der Waals surface area contributed by atoms with Gasteiger partial charge in [0.2, 0.25) is 0 Å². The monoisotopic (exact) mass is 330 g/mol. The van der Waals surface area contributed by atoms with Crippen LogP contribution < -0.4 is 5.32 Å². The largest absolute Gasteiger partial charge is 0.416 e.